The number of hydrogen-bond donors (Lipinski definition) is 3. The number of amides is 2. The van der Waals surface area contributed by atoms with Gasteiger partial charge in [-0.2, -0.15) is 0 Å². The lowest BCUT2D eigenvalue weighted by atomic mass is 10.0. The number of benzene rings is 1. The van der Waals surface area contributed by atoms with Crippen LogP contribution in [0.2, 0.25) is 0 Å². The summed E-state index contributed by atoms with van der Waals surface area (Å²) in [5.41, 5.74) is 6.42. The van der Waals surface area contributed by atoms with Crippen LogP contribution in [0.4, 0.5) is 0 Å². The average molecular weight is 386 g/mol. The zero-order valence-electron chi connectivity index (χ0n) is 14.8. The molecular weight excluding hydrogens is 358 g/mol. The van der Waals surface area contributed by atoms with E-state index in [-0.39, 0.29) is 36.3 Å². The van der Waals surface area contributed by atoms with Crippen molar-refractivity contribution in [3.63, 3.8) is 0 Å². The van der Waals surface area contributed by atoms with Gasteiger partial charge in [0.15, 0.2) is 0 Å². The minimum Gasteiger partial charge on any atom is -0.353 e. The summed E-state index contributed by atoms with van der Waals surface area (Å²) in [6, 6.07) is 7.71. The second kappa shape index (κ2) is 10.7. The maximum Gasteiger partial charge on any atom is 0.252 e. The van der Waals surface area contributed by atoms with Crippen LogP contribution in [0.1, 0.15) is 43.5 Å². The molecule has 0 heterocycles. The molecule has 0 bridgehead atoms. The summed E-state index contributed by atoms with van der Waals surface area (Å²) in [5, 5.41) is 5.98. The van der Waals surface area contributed by atoms with Crippen LogP contribution in [0.25, 0.3) is 0 Å². The van der Waals surface area contributed by atoms with Crippen molar-refractivity contribution in [1.29, 1.82) is 0 Å². The lowest BCUT2D eigenvalue weighted by molar-refractivity contribution is -0.119. The van der Waals surface area contributed by atoms with Crippen molar-refractivity contribution in [3.8, 4) is 0 Å². The summed E-state index contributed by atoms with van der Waals surface area (Å²) >= 11 is 1.39. The third-order valence-corrected chi connectivity index (χ3v) is 5.29. The molecule has 0 radical (unpaired) electrons. The van der Waals surface area contributed by atoms with Crippen molar-refractivity contribution >= 4 is 36.0 Å². The Hall–Kier alpha value is -1.24. The number of halogens is 1. The van der Waals surface area contributed by atoms with Crippen molar-refractivity contribution in [1.82, 2.24) is 10.6 Å². The maximum atomic E-state index is 12.6. The molecule has 2 atom stereocenters. The fourth-order valence-corrected chi connectivity index (χ4v) is 3.90. The van der Waals surface area contributed by atoms with Gasteiger partial charge in [0.05, 0.1) is 11.3 Å². The Bertz CT molecular complexity index is 583. The molecule has 1 aromatic rings. The quantitative estimate of drug-likeness (QED) is 0.630. The molecule has 2 rings (SSSR count). The highest BCUT2D eigenvalue weighted by Gasteiger charge is 2.28. The molecule has 1 aliphatic rings. The summed E-state index contributed by atoms with van der Waals surface area (Å²) in [6.07, 6.45) is 3.17. The van der Waals surface area contributed by atoms with Gasteiger partial charge in [0.2, 0.25) is 5.91 Å². The van der Waals surface area contributed by atoms with Crippen molar-refractivity contribution in [2.24, 2.45) is 11.7 Å². The Morgan fingerprint density at radius 2 is 2.00 bits per heavy atom. The smallest absolute Gasteiger partial charge is 0.252 e. The van der Waals surface area contributed by atoms with Crippen LogP contribution in [0.15, 0.2) is 29.2 Å². The number of carbonyl (C=O) groups is 2. The summed E-state index contributed by atoms with van der Waals surface area (Å²) in [4.78, 5) is 25.3. The first-order valence-electron chi connectivity index (χ1n) is 8.53. The Kier molecular flexibility index (Phi) is 9.32. The highest BCUT2D eigenvalue weighted by molar-refractivity contribution is 8.00. The maximum absolute atomic E-state index is 12.6. The van der Waals surface area contributed by atoms with Crippen LogP contribution in [0, 0.1) is 5.92 Å². The van der Waals surface area contributed by atoms with Crippen molar-refractivity contribution < 1.29 is 9.59 Å². The second-order valence-corrected chi connectivity index (χ2v) is 7.53. The van der Waals surface area contributed by atoms with E-state index in [9.17, 15) is 9.59 Å². The molecule has 1 aliphatic carbocycles. The van der Waals surface area contributed by atoms with Gasteiger partial charge in [0.1, 0.15) is 0 Å². The van der Waals surface area contributed by atoms with E-state index in [1.165, 1.54) is 11.8 Å². The zero-order valence-corrected chi connectivity index (χ0v) is 16.4. The van der Waals surface area contributed by atoms with Gasteiger partial charge in [-0.1, -0.05) is 18.6 Å². The normalized spacial score (nSPS) is 19.4. The number of nitrogens with two attached hydrogens (primary N) is 1. The van der Waals surface area contributed by atoms with E-state index in [2.05, 4.69) is 10.6 Å². The van der Waals surface area contributed by atoms with E-state index in [1.807, 2.05) is 38.1 Å². The predicted octanol–water partition coefficient (Wildman–Crippen LogP) is 2.58. The lowest BCUT2D eigenvalue weighted by Crippen LogP contribution is -2.40. The fraction of sp³-hybridized carbons (Fsp3) is 0.556. The molecule has 5 nitrogen and oxygen atoms in total. The van der Waals surface area contributed by atoms with E-state index in [0.29, 0.717) is 23.8 Å². The summed E-state index contributed by atoms with van der Waals surface area (Å²) in [5.74, 6) is 0.569. The summed E-state index contributed by atoms with van der Waals surface area (Å²) < 4.78 is 0. The molecule has 140 valence electrons. The SMILES string of the molecule is CC(C)NC(=O)CSc1ccccc1C(=O)NC1CCCC1CN.Cl. The van der Waals surface area contributed by atoms with E-state index >= 15 is 0 Å². The molecule has 1 aromatic carbocycles. The Morgan fingerprint density at radius 1 is 1.28 bits per heavy atom. The standard InChI is InChI=1S/C18H27N3O2S.ClH/c1-12(2)20-17(22)11-24-16-9-4-3-7-14(16)18(23)21-15-8-5-6-13(15)10-19;/h3-4,7,9,12-13,15H,5-6,8,10-11,19H2,1-2H3,(H,20,22)(H,21,23);1H. The predicted molar refractivity (Wildman–Crippen MR) is 105 cm³/mol. The first-order valence-corrected chi connectivity index (χ1v) is 9.52. The third kappa shape index (κ3) is 6.53. The first kappa shape index (κ1) is 21.8. The minimum atomic E-state index is -0.0762. The Balaban J connectivity index is 0.00000312. The van der Waals surface area contributed by atoms with Crippen molar-refractivity contribution in [3.05, 3.63) is 29.8 Å². The molecule has 2 amide bonds. The Morgan fingerprint density at radius 3 is 2.68 bits per heavy atom. The van der Waals surface area contributed by atoms with Gasteiger partial charge in [0.25, 0.3) is 5.91 Å². The molecule has 2 unspecified atom stereocenters. The molecule has 1 saturated carbocycles. The van der Waals surface area contributed by atoms with Crippen molar-refractivity contribution in [2.45, 2.75) is 50.1 Å². The van der Waals surface area contributed by atoms with E-state index in [1.54, 1.807) is 0 Å². The van der Waals surface area contributed by atoms with Crippen molar-refractivity contribution in [2.75, 3.05) is 12.3 Å². The monoisotopic (exact) mass is 385 g/mol. The molecule has 0 aliphatic heterocycles. The van der Waals surface area contributed by atoms with E-state index < -0.39 is 0 Å². The molecule has 0 saturated heterocycles. The molecule has 1 fully saturated rings. The zero-order chi connectivity index (χ0) is 17.5. The van der Waals surface area contributed by atoms with Crippen LogP contribution in [-0.4, -0.2) is 36.2 Å². The third-order valence-electron chi connectivity index (χ3n) is 4.22. The Labute approximate surface area is 160 Å². The van der Waals surface area contributed by atoms with E-state index in [0.717, 1.165) is 24.2 Å². The van der Waals surface area contributed by atoms with E-state index in [4.69, 9.17) is 5.73 Å². The fourth-order valence-electron chi connectivity index (χ4n) is 3.04. The lowest BCUT2D eigenvalue weighted by Gasteiger charge is -2.20. The van der Waals surface area contributed by atoms with Gasteiger partial charge < -0.3 is 16.4 Å². The number of nitrogens with one attached hydrogen (secondary N) is 2. The van der Waals surface area contributed by atoms with Gasteiger partial charge in [-0.25, -0.2) is 0 Å². The van der Waals surface area contributed by atoms with Gasteiger partial charge in [-0.05, 0) is 51.3 Å². The van der Waals surface area contributed by atoms with Crippen LogP contribution < -0.4 is 16.4 Å². The van der Waals surface area contributed by atoms with Gasteiger partial charge in [-0.15, -0.1) is 24.2 Å². The molecule has 25 heavy (non-hydrogen) atoms. The minimum absolute atomic E-state index is 0. The summed E-state index contributed by atoms with van der Waals surface area (Å²) in [7, 11) is 0. The van der Waals surface area contributed by atoms with Crippen LogP contribution in [0.5, 0.6) is 0 Å². The number of rotatable bonds is 7. The van der Waals surface area contributed by atoms with Crippen LogP contribution in [0.3, 0.4) is 0 Å². The van der Waals surface area contributed by atoms with Gasteiger partial charge in [-0.3, -0.25) is 9.59 Å². The number of carbonyl (C=O) groups excluding carboxylic acids is 2. The molecule has 0 aromatic heterocycles. The highest BCUT2D eigenvalue weighted by atomic mass is 35.5. The van der Waals surface area contributed by atoms with Gasteiger partial charge in [0, 0.05) is 17.0 Å². The first-order chi connectivity index (χ1) is 11.5. The van der Waals surface area contributed by atoms with Crippen LogP contribution in [-0.2, 0) is 4.79 Å². The largest absolute Gasteiger partial charge is 0.353 e. The molecular formula is C18H28ClN3O2S. The molecule has 7 heteroatoms. The number of hydrogen-bond acceptors (Lipinski definition) is 4. The highest BCUT2D eigenvalue weighted by Crippen LogP contribution is 2.26. The molecule has 0 spiro atoms. The molecule has 4 N–H and O–H groups in total. The number of thioether (sulfide) groups is 1. The topological polar surface area (TPSA) is 84.2 Å². The van der Waals surface area contributed by atoms with Crippen LogP contribution >= 0.6 is 24.2 Å². The average Bonchev–Trinajstić information content (AvgIpc) is 2.99. The second-order valence-electron chi connectivity index (χ2n) is 6.51. The van der Waals surface area contributed by atoms with Gasteiger partial charge >= 0.3 is 0 Å². The summed E-state index contributed by atoms with van der Waals surface area (Å²) in [6.45, 7) is 4.47.